The van der Waals surface area contributed by atoms with Gasteiger partial charge < -0.3 is 29.9 Å². The van der Waals surface area contributed by atoms with Crippen LogP contribution >= 0.6 is 0 Å². The lowest BCUT2D eigenvalue weighted by Crippen LogP contribution is -2.36. The molecule has 0 bridgehead atoms. The van der Waals surface area contributed by atoms with Crippen molar-refractivity contribution in [1.29, 1.82) is 0 Å². The molecule has 1 aliphatic rings. The molecule has 1 aliphatic heterocycles. The van der Waals surface area contributed by atoms with Crippen molar-refractivity contribution in [2.45, 2.75) is 51.6 Å². The van der Waals surface area contributed by atoms with E-state index in [0.717, 1.165) is 32.5 Å². The zero-order valence-electron chi connectivity index (χ0n) is 15.8. The highest BCUT2D eigenvalue weighted by Crippen LogP contribution is 2.11. The summed E-state index contributed by atoms with van der Waals surface area (Å²) in [6, 6.07) is 0. The Hall–Kier alpha value is -1.38. The Morgan fingerprint density at radius 3 is 2.50 bits per heavy atom. The lowest BCUT2D eigenvalue weighted by molar-refractivity contribution is -0.148. The van der Waals surface area contributed by atoms with Gasteiger partial charge in [-0.3, -0.25) is 4.79 Å². The fourth-order valence-electron chi connectivity index (χ4n) is 2.77. The first-order valence-corrected chi connectivity index (χ1v) is 9.63. The van der Waals surface area contributed by atoms with Crippen LogP contribution in [-0.2, 0) is 14.3 Å². The molecule has 0 aromatic rings. The fourth-order valence-corrected chi connectivity index (χ4v) is 2.77. The molecule has 0 aromatic heterocycles. The molecular formula is C18H34N2O6. The summed E-state index contributed by atoms with van der Waals surface area (Å²) in [6.45, 7) is 4.96. The van der Waals surface area contributed by atoms with E-state index in [0.29, 0.717) is 13.0 Å². The number of esters is 1. The van der Waals surface area contributed by atoms with Gasteiger partial charge in [0.15, 0.2) is 0 Å². The summed E-state index contributed by atoms with van der Waals surface area (Å²) in [7, 11) is 0. The highest BCUT2D eigenvalue weighted by Gasteiger charge is 2.20. The molecule has 1 heterocycles. The van der Waals surface area contributed by atoms with E-state index < -0.39 is 24.1 Å². The number of carbonyl (C=O) groups is 2. The number of aliphatic hydroxyl groups excluding tert-OH is 2. The number of unbranched alkanes of at least 4 members (excludes halogenated alkanes) is 1. The second kappa shape index (κ2) is 13.8. The highest BCUT2D eigenvalue weighted by atomic mass is 16.6. The van der Waals surface area contributed by atoms with Gasteiger partial charge in [-0.2, -0.15) is 0 Å². The Morgan fingerprint density at radius 2 is 1.88 bits per heavy atom. The Labute approximate surface area is 155 Å². The van der Waals surface area contributed by atoms with Crippen molar-refractivity contribution in [3.8, 4) is 0 Å². The number of likely N-dealkylation sites (tertiary alicyclic amines) is 1. The topological polar surface area (TPSA) is 108 Å². The number of rotatable bonds is 13. The Bertz CT molecular complexity index is 397. The maximum Gasteiger partial charge on any atom is 0.407 e. The first-order valence-electron chi connectivity index (χ1n) is 9.63. The van der Waals surface area contributed by atoms with Crippen molar-refractivity contribution < 1.29 is 29.3 Å². The quantitative estimate of drug-likeness (QED) is 0.411. The fraction of sp³-hybridized carbons (Fsp3) is 0.889. The molecule has 8 nitrogen and oxygen atoms in total. The second-order valence-corrected chi connectivity index (χ2v) is 6.76. The summed E-state index contributed by atoms with van der Waals surface area (Å²) < 4.78 is 10.4. The van der Waals surface area contributed by atoms with Gasteiger partial charge in [-0.15, -0.1) is 0 Å². The molecular weight excluding hydrogens is 340 g/mol. The van der Waals surface area contributed by atoms with Gasteiger partial charge in [-0.05, 0) is 32.4 Å². The monoisotopic (exact) mass is 374 g/mol. The largest absolute Gasteiger partial charge is 0.465 e. The average Bonchev–Trinajstić information content (AvgIpc) is 3.14. The first kappa shape index (κ1) is 22.7. The van der Waals surface area contributed by atoms with E-state index in [9.17, 15) is 9.59 Å². The molecule has 0 aromatic carbocycles. The first-order chi connectivity index (χ1) is 12.6. The molecule has 1 fully saturated rings. The summed E-state index contributed by atoms with van der Waals surface area (Å²) in [4.78, 5) is 26.2. The van der Waals surface area contributed by atoms with Crippen molar-refractivity contribution in [1.82, 2.24) is 10.2 Å². The zero-order chi connectivity index (χ0) is 19.2. The maximum atomic E-state index is 12.0. The third-order valence-corrected chi connectivity index (χ3v) is 4.44. The number of aliphatic hydroxyl groups is 2. The van der Waals surface area contributed by atoms with E-state index in [1.54, 1.807) is 0 Å². The molecule has 8 heteroatoms. The number of amides is 1. The minimum absolute atomic E-state index is 0.0247. The molecule has 0 aliphatic carbocycles. The molecule has 0 radical (unpaired) electrons. The van der Waals surface area contributed by atoms with E-state index in [-0.39, 0.29) is 26.2 Å². The standard InChI is InChI=1S/C18H34N2O6/c1-2-3-6-16(11-17(23)25-14-15(12-21)13-22)26-18(24)19-7-10-20-8-4-5-9-20/h15-16,21-22H,2-14H2,1H3,(H,19,24). The van der Waals surface area contributed by atoms with Gasteiger partial charge in [0.25, 0.3) is 0 Å². The van der Waals surface area contributed by atoms with Gasteiger partial charge in [-0.25, -0.2) is 4.79 Å². The van der Waals surface area contributed by atoms with Crippen LogP contribution in [0.2, 0.25) is 0 Å². The minimum atomic E-state index is -0.532. The van der Waals surface area contributed by atoms with E-state index >= 15 is 0 Å². The van der Waals surface area contributed by atoms with Crippen LogP contribution < -0.4 is 5.32 Å². The normalized spacial score (nSPS) is 15.8. The molecule has 1 unspecified atom stereocenters. The van der Waals surface area contributed by atoms with Crippen LogP contribution in [0.25, 0.3) is 0 Å². The number of nitrogens with one attached hydrogen (secondary N) is 1. The molecule has 1 atom stereocenters. The van der Waals surface area contributed by atoms with Gasteiger partial charge >= 0.3 is 12.1 Å². The maximum absolute atomic E-state index is 12.0. The van der Waals surface area contributed by atoms with Crippen LogP contribution in [0.5, 0.6) is 0 Å². The molecule has 0 saturated carbocycles. The zero-order valence-corrected chi connectivity index (χ0v) is 15.8. The molecule has 1 amide bonds. The van der Waals surface area contributed by atoms with Gasteiger partial charge in [0.05, 0.1) is 26.2 Å². The van der Waals surface area contributed by atoms with Crippen molar-refractivity contribution >= 4 is 12.1 Å². The molecule has 3 N–H and O–H groups in total. The van der Waals surface area contributed by atoms with Crippen molar-refractivity contribution in [2.24, 2.45) is 5.92 Å². The van der Waals surface area contributed by atoms with E-state index in [1.807, 2.05) is 6.92 Å². The molecule has 152 valence electrons. The summed E-state index contributed by atoms with van der Waals surface area (Å²) in [5, 5.41) is 20.7. The van der Waals surface area contributed by atoms with Crippen molar-refractivity contribution in [2.75, 3.05) is 46.0 Å². The third-order valence-electron chi connectivity index (χ3n) is 4.44. The number of alkyl carbamates (subject to hydrolysis) is 1. The number of carbonyl (C=O) groups excluding carboxylic acids is 2. The van der Waals surface area contributed by atoms with Crippen molar-refractivity contribution in [3.63, 3.8) is 0 Å². The lowest BCUT2D eigenvalue weighted by atomic mass is 10.1. The lowest BCUT2D eigenvalue weighted by Gasteiger charge is -2.19. The predicted octanol–water partition coefficient (Wildman–Crippen LogP) is 0.901. The number of hydrogen-bond acceptors (Lipinski definition) is 7. The van der Waals surface area contributed by atoms with Gasteiger partial charge in [0.1, 0.15) is 6.10 Å². The average molecular weight is 374 g/mol. The molecule has 0 spiro atoms. The van der Waals surface area contributed by atoms with Gasteiger partial charge in [0, 0.05) is 19.0 Å². The van der Waals surface area contributed by atoms with Crippen LogP contribution in [0.1, 0.15) is 45.4 Å². The van der Waals surface area contributed by atoms with E-state index in [4.69, 9.17) is 19.7 Å². The Morgan fingerprint density at radius 1 is 1.19 bits per heavy atom. The van der Waals surface area contributed by atoms with Gasteiger partial charge in [0.2, 0.25) is 0 Å². The van der Waals surface area contributed by atoms with E-state index in [2.05, 4.69) is 10.2 Å². The van der Waals surface area contributed by atoms with Gasteiger partial charge in [-0.1, -0.05) is 19.8 Å². The van der Waals surface area contributed by atoms with Crippen LogP contribution in [0.4, 0.5) is 4.79 Å². The van der Waals surface area contributed by atoms with Crippen LogP contribution in [-0.4, -0.2) is 79.3 Å². The number of ether oxygens (including phenoxy) is 2. The minimum Gasteiger partial charge on any atom is -0.465 e. The SMILES string of the molecule is CCCCC(CC(=O)OCC(CO)CO)OC(=O)NCCN1CCCC1. The second-order valence-electron chi connectivity index (χ2n) is 6.76. The van der Waals surface area contributed by atoms with Crippen LogP contribution in [0.15, 0.2) is 0 Å². The van der Waals surface area contributed by atoms with E-state index in [1.165, 1.54) is 12.8 Å². The number of nitrogens with zero attached hydrogens (tertiary/aromatic N) is 1. The predicted molar refractivity (Wildman–Crippen MR) is 96.7 cm³/mol. The molecule has 1 rings (SSSR count). The Kier molecular flexibility index (Phi) is 12.0. The Balaban J connectivity index is 2.31. The highest BCUT2D eigenvalue weighted by molar-refractivity contribution is 5.71. The third kappa shape index (κ3) is 9.94. The number of hydrogen-bond donors (Lipinski definition) is 3. The van der Waals surface area contributed by atoms with Crippen molar-refractivity contribution in [3.05, 3.63) is 0 Å². The van der Waals surface area contributed by atoms with Crippen LogP contribution in [0, 0.1) is 5.92 Å². The summed E-state index contributed by atoms with van der Waals surface area (Å²) in [5.74, 6) is -0.981. The summed E-state index contributed by atoms with van der Waals surface area (Å²) >= 11 is 0. The van der Waals surface area contributed by atoms with Crippen LogP contribution in [0.3, 0.4) is 0 Å². The summed E-state index contributed by atoms with van der Waals surface area (Å²) in [5.41, 5.74) is 0. The molecule has 1 saturated heterocycles. The summed E-state index contributed by atoms with van der Waals surface area (Å²) in [6.07, 6.45) is 3.71. The molecule has 26 heavy (non-hydrogen) atoms. The smallest absolute Gasteiger partial charge is 0.407 e.